The maximum absolute atomic E-state index is 10.3. The van der Waals surface area contributed by atoms with Gasteiger partial charge in [-0.2, -0.15) is 10.2 Å². The highest BCUT2D eigenvalue weighted by atomic mass is 16.4. The average molecular weight is 194 g/mol. The number of hydrogen-bond acceptors (Lipinski definition) is 3. The molecule has 0 amide bonds. The number of carbonyl (C=O) groups is 1. The van der Waals surface area contributed by atoms with Gasteiger partial charge in [0.1, 0.15) is 0 Å². The molecule has 0 bridgehead atoms. The first-order valence-corrected chi connectivity index (χ1v) is 4.78. The number of rotatable bonds is 7. The van der Waals surface area contributed by atoms with E-state index in [-0.39, 0.29) is 12.1 Å². The van der Waals surface area contributed by atoms with Crippen LogP contribution in [0.25, 0.3) is 0 Å². The van der Waals surface area contributed by atoms with E-state index in [0.717, 1.165) is 25.7 Å². The topological polar surface area (TPSA) is 62.0 Å². The number of nitrogens with zero attached hydrogens (tertiary/aromatic N) is 2. The molecule has 1 N–H and O–H groups in total. The summed E-state index contributed by atoms with van der Waals surface area (Å²) in [4.78, 5) is 10.3. The van der Waals surface area contributed by atoms with Crippen molar-refractivity contribution in [2.24, 2.45) is 10.2 Å². The van der Waals surface area contributed by atoms with Crippen LogP contribution in [-0.4, -0.2) is 16.7 Å². The van der Waals surface area contributed by atoms with E-state index in [1.165, 1.54) is 0 Å². The normalized spacial score (nSPS) is 16.2. The molecule has 14 heavy (non-hydrogen) atoms. The van der Waals surface area contributed by atoms with Gasteiger partial charge in [0.15, 0.2) is 5.66 Å². The van der Waals surface area contributed by atoms with E-state index in [1.54, 1.807) is 0 Å². The smallest absolute Gasteiger partial charge is 0.303 e. The third-order valence-electron chi connectivity index (χ3n) is 2.27. The average Bonchev–Trinajstić information content (AvgIpc) is 2.91. The number of terminal acetylenes is 1. The molecular weight excluding hydrogens is 180 g/mol. The van der Waals surface area contributed by atoms with Gasteiger partial charge in [0.25, 0.3) is 0 Å². The van der Waals surface area contributed by atoms with Crippen molar-refractivity contribution in [3.8, 4) is 12.3 Å². The largest absolute Gasteiger partial charge is 0.481 e. The lowest BCUT2D eigenvalue weighted by Gasteiger charge is -2.07. The summed E-state index contributed by atoms with van der Waals surface area (Å²) in [5.41, 5.74) is -0.368. The first-order chi connectivity index (χ1) is 6.68. The van der Waals surface area contributed by atoms with Crippen LogP contribution in [-0.2, 0) is 4.79 Å². The molecule has 0 radical (unpaired) electrons. The molecule has 76 valence electrons. The Bertz CT molecular complexity index is 272. The van der Waals surface area contributed by atoms with Gasteiger partial charge in [0, 0.05) is 19.3 Å². The maximum atomic E-state index is 10.3. The fourth-order valence-corrected chi connectivity index (χ4v) is 1.34. The third-order valence-corrected chi connectivity index (χ3v) is 2.27. The highest BCUT2D eigenvalue weighted by Gasteiger charge is 2.39. The van der Waals surface area contributed by atoms with Gasteiger partial charge in [-0.15, -0.1) is 12.3 Å². The lowest BCUT2D eigenvalue weighted by Crippen LogP contribution is -2.13. The van der Waals surface area contributed by atoms with Crippen LogP contribution in [0.5, 0.6) is 0 Å². The Balaban J connectivity index is 2.10. The highest BCUT2D eigenvalue weighted by molar-refractivity contribution is 5.66. The lowest BCUT2D eigenvalue weighted by molar-refractivity contribution is -0.137. The van der Waals surface area contributed by atoms with Crippen LogP contribution in [0.1, 0.15) is 38.5 Å². The Hall–Kier alpha value is -1.37. The van der Waals surface area contributed by atoms with Crippen molar-refractivity contribution < 1.29 is 9.90 Å². The number of hydrogen-bond donors (Lipinski definition) is 1. The van der Waals surface area contributed by atoms with Crippen LogP contribution >= 0.6 is 0 Å². The monoisotopic (exact) mass is 194 g/mol. The molecule has 0 aliphatic carbocycles. The summed E-state index contributed by atoms with van der Waals surface area (Å²) in [6, 6.07) is 0. The Morgan fingerprint density at radius 3 is 2.57 bits per heavy atom. The number of aliphatic carboxylic acids is 1. The van der Waals surface area contributed by atoms with Crippen molar-refractivity contribution in [1.29, 1.82) is 0 Å². The summed E-state index contributed by atoms with van der Waals surface area (Å²) in [6.07, 6.45) is 9.33. The lowest BCUT2D eigenvalue weighted by atomic mass is 10.0. The van der Waals surface area contributed by atoms with Crippen LogP contribution in [0.15, 0.2) is 10.2 Å². The quantitative estimate of drug-likeness (QED) is 0.499. The van der Waals surface area contributed by atoms with E-state index >= 15 is 0 Å². The van der Waals surface area contributed by atoms with E-state index in [1.807, 2.05) is 0 Å². The predicted molar refractivity (Wildman–Crippen MR) is 51.8 cm³/mol. The van der Waals surface area contributed by atoms with Crippen LogP contribution in [0.4, 0.5) is 0 Å². The molecule has 0 aromatic heterocycles. The summed E-state index contributed by atoms with van der Waals surface area (Å²) in [7, 11) is 0. The van der Waals surface area contributed by atoms with Crippen molar-refractivity contribution in [3.05, 3.63) is 0 Å². The zero-order valence-electron chi connectivity index (χ0n) is 8.07. The molecule has 0 saturated carbocycles. The molecule has 4 nitrogen and oxygen atoms in total. The minimum absolute atomic E-state index is 0.141. The SMILES string of the molecule is C#CCCCCC1(CCC(=O)O)N=N1. The molecule has 0 aromatic carbocycles. The molecule has 0 saturated heterocycles. The van der Waals surface area contributed by atoms with Gasteiger partial charge in [-0.05, 0) is 19.3 Å². The summed E-state index contributed by atoms with van der Waals surface area (Å²) < 4.78 is 0. The Labute approximate surface area is 83.4 Å². The fraction of sp³-hybridized carbons (Fsp3) is 0.700. The first-order valence-electron chi connectivity index (χ1n) is 4.78. The second-order valence-corrected chi connectivity index (χ2v) is 3.49. The van der Waals surface area contributed by atoms with Crippen molar-refractivity contribution in [3.63, 3.8) is 0 Å². The molecule has 1 heterocycles. The zero-order chi connectivity index (χ0) is 10.4. The maximum Gasteiger partial charge on any atom is 0.303 e. The van der Waals surface area contributed by atoms with Crippen molar-refractivity contribution in [2.45, 2.75) is 44.2 Å². The standard InChI is InChI=1S/C10H14N2O2/c1-2-3-4-5-7-10(11-12-10)8-6-9(13)14/h1H,3-8H2,(H,13,14). The number of unbranched alkanes of at least 4 members (excludes halogenated alkanes) is 2. The van der Waals surface area contributed by atoms with E-state index in [2.05, 4.69) is 16.1 Å². The van der Waals surface area contributed by atoms with Gasteiger partial charge >= 0.3 is 5.97 Å². The second-order valence-electron chi connectivity index (χ2n) is 3.49. The predicted octanol–water partition coefficient (Wildman–Crippen LogP) is 2.21. The van der Waals surface area contributed by atoms with Crippen LogP contribution < -0.4 is 0 Å². The molecule has 0 atom stereocenters. The Morgan fingerprint density at radius 1 is 1.36 bits per heavy atom. The molecule has 0 unspecified atom stereocenters. The Morgan fingerprint density at radius 2 is 2.07 bits per heavy atom. The minimum Gasteiger partial charge on any atom is -0.481 e. The second kappa shape index (κ2) is 4.75. The molecule has 1 aliphatic rings. The highest BCUT2D eigenvalue weighted by Crippen LogP contribution is 2.38. The zero-order valence-corrected chi connectivity index (χ0v) is 8.07. The first kappa shape index (κ1) is 10.7. The fourth-order valence-electron chi connectivity index (χ4n) is 1.34. The van der Waals surface area contributed by atoms with Crippen molar-refractivity contribution in [2.75, 3.05) is 0 Å². The summed E-state index contributed by atoms with van der Waals surface area (Å²) in [5.74, 6) is 1.78. The summed E-state index contributed by atoms with van der Waals surface area (Å²) in [6.45, 7) is 0. The molecule has 0 fully saturated rings. The van der Waals surface area contributed by atoms with E-state index < -0.39 is 5.97 Å². The molecule has 0 aromatic rings. The number of carboxylic acids is 1. The summed E-state index contributed by atoms with van der Waals surface area (Å²) >= 11 is 0. The molecule has 1 rings (SSSR count). The van der Waals surface area contributed by atoms with Gasteiger partial charge in [-0.1, -0.05) is 0 Å². The summed E-state index contributed by atoms with van der Waals surface area (Å²) in [5, 5.41) is 16.3. The van der Waals surface area contributed by atoms with E-state index in [9.17, 15) is 4.79 Å². The van der Waals surface area contributed by atoms with Gasteiger partial charge in [0.2, 0.25) is 0 Å². The minimum atomic E-state index is -0.787. The van der Waals surface area contributed by atoms with Crippen LogP contribution in [0.2, 0.25) is 0 Å². The van der Waals surface area contributed by atoms with Gasteiger partial charge in [0.05, 0.1) is 0 Å². The number of carboxylic acid groups (broad SMARTS) is 1. The van der Waals surface area contributed by atoms with Crippen LogP contribution in [0, 0.1) is 12.3 Å². The van der Waals surface area contributed by atoms with Crippen molar-refractivity contribution in [1.82, 2.24) is 0 Å². The van der Waals surface area contributed by atoms with Crippen molar-refractivity contribution >= 4 is 5.97 Å². The molecule has 1 aliphatic heterocycles. The molecule has 4 heteroatoms. The van der Waals surface area contributed by atoms with Gasteiger partial charge in [-0.25, -0.2) is 0 Å². The van der Waals surface area contributed by atoms with Crippen LogP contribution in [0.3, 0.4) is 0 Å². The van der Waals surface area contributed by atoms with Gasteiger partial charge in [-0.3, -0.25) is 4.79 Å². The van der Waals surface area contributed by atoms with Gasteiger partial charge < -0.3 is 5.11 Å². The van der Waals surface area contributed by atoms with E-state index in [0.29, 0.717) is 6.42 Å². The molecular formula is C10H14N2O2. The Kier molecular flexibility index (Phi) is 3.63. The molecule has 0 spiro atoms. The van der Waals surface area contributed by atoms with E-state index in [4.69, 9.17) is 11.5 Å². The third kappa shape index (κ3) is 3.56.